The maximum Gasteiger partial charge on any atom is 0.105 e. The molecular weight excluding hydrogens is 158 g/mol. The van der Waals surface area contributed by atoms with E-state index < -0.39 is 0 Å². The predicted molar refractivity (Wildman–Crippen MR) is 48.1 cm³/mol. The van der Waals surface area contributed by atoms with E-state index in [1.54, 1.807) is 0 Å². The lowest BCUT2D eigenvalue weighted by atomic mass is 10.2. The molecule has 2 aliphatic heterocycles. The first-order valence-electron chi connectivity index (χ1n) is 3.94. The smallest absolute Gasteiger partial charge is 0.105 e. The lowest BCUT2D eigenvalue weighted by molar-refractivity contribution is 0.306. The van der Waals surface area contributed by atoms with Crippen LogP contribution in [0.2, 0.25) is 0 Å². The molecule has 2 bridgehead atoms. The SMILES string of the molecule is N=C(N)CN1CC2CC1CS2. The fourth-order valence-corrected chi connectivity index (χ4v) is 3.39. The molecule has 11 heavy (non-hydrogen) atoms. The van der Waals surface area contributed by atoms with Crippen molar-refractivity contribution in [1.29, 1.82) is 5.41 Å². The summed E-state index contributed by atoms with van der Waals surface area (Å²) in [6.07, 6.45) is 1.32. The molecule has 2 unspecified atom stereocenters. The van der Waals surface area contributed by atoms with Crippen LogP contribution in [0.3, 0.4) is 0 Å². The van der Waals surface area contributed by atoms with Crippen LogP contribution in [0.1, 0.15) is 6.42 Å². The first kappa shape index (κ1) is 7.43. The molecule has 0 aromatic rings. The van der Waals surface area contributed by atoms with Crippen LogP contribution in [0, 0.1) is 5.41 Å². The monoisotopic (exact) mass is 171 g/mol. The molecule has 3 N–H and O–H groups in total. The predicted octanol–water partition coefficient (Wildman–Crippen LogP) is 0.112. The summed E-state index contributed by atoms with van der Waals surface area (Å²) in [6, 6.07) is 0.717. The summed E-state index contributed by atoms with van der Waals surface area (Å²) in [5.41, 5.74) is 5.34. The fraction of sp³-hybridized carbons (Fsp3) is 0.857. The Bertz CT molecular complexity index is 183. The topological polar surface area (TPSA) is 53.1 Å². The van der Waals surface area contributed by atoms with E-state index in [1.165, 1.54) is 12.2 Å². The van der Waals surface area contributed by atoms with Gasteiger partial charge in [-0.15, -0.1) is 0 Å². The van der Waals surface area contributed by atoms with Gasteiger partial charge in [-0.1, -0.05) is 0 Å². The Hall–Kier alpha value is -0.220. The molecule has 3 nitrogen and oxygen atoms in total. The van der Waals surface area contributed by atoms with Gasteiger partial charge < -0.3 is 5.73 Å². The number of thioether (sulfide) groups is 1. The highest BCUT2D eigenvalue weighted by Gasteiger charge is 2.38. The van der Waals surface area contributed by atoms with Gasteiger partial charge in [-0.3, -0.25) is 10.3 Å². The molecule has 0 aromatic carbocycles. The molecule has 62 valence electrons. The zero-order valence-electron chi connectivity index (χ0n) is 6.42. The van der Waals surface area contributed by atoms with E-state index in [0.717, 1.165) is 11.8 Å². The number of nitrogens with two attached hydrogens (primary N) is 1. The van der Waals surface area contributed by atoms with Crippen molar-refractivity contribution in [2.45, 2.75) is 17.7 Å². The molecule has 2 atom stereocenters. The van der Waals surface area contributed by atoms with Gasteiger partial charge in [-0.25, -0.2) is 0 Å². The molecule has 2 aliphatic rings. The Morgan fingerprint density at radius 3 is 3.00 bits per heavy atom. The second kappa shape index (κ2) is 2.68. The Balaban J connectivity index is 1.92. The maximum atomic E-state index is 7.17. The third kappa shape index (κ3) is 1.37. The summed E-state index contributed by atoms with van der Waals surface area (Å²) in [4.78, 5) is 2.34. The van der Waals surface area contributed by atoms with Crippen molar-refractivity contribution in [3.8, 4) is 0 Å². The van der Waals surface area contributed by atoms with Crippen LogP contribution < -0.4 is 5.73 Å². The summed E-state index contributed by atoms with van der Waals surface area (Å²) in [5.74, 6) is 1.56. The van der Waals surface area contributed by atoms with Crippen molar-refractivity contribution in [2.24, 2.45) is 5.73 Å². The normalized spacial score (nSPS) is 36.4. The van der Waals surface area contributed by atoms with Gasteiger partial charge in [0.15, 0.2) is 0 Å². The zero-order chi connectivity index (χ0) is 7.84. The zero-order valence-corrected chi connectivity index (χ0v) is 7.23. The van der Waals surface area contributed by atoms with Gasteiger partial charge in [-0.2, -0.15) is 11.8 Å². The first-order chi connectivity index (χ1) is 5.25. The van der Waals surface area contributed by atoms with Crippen molar-refractivity contribution in [2.75, 3.05) is 18.8 Å². The van der Waals surface area contributed by atoms with E-state index in [0.29, 0.717) is 18.4 Å². The molecule has 2 saturated heterocycles. The summed E-state index contributed by atoms with van der Waals surface area (Å²) in [7, 11) is 0. The summed E-state index contributed by atoms with van der Waals surface area (Å²) in [5, 5.41) is 8.00. The molecule has 2 heterocycles. The molecule has 0 aliphatic carbocycles. The van der Waals surface area contributed by atoms with Gasteiger partial charge in [0.05, 0.1) is 6.54 Å². The largest absolute Gasteiger partial charge is 0.387 e. The van der Waals surface area contributed by atoms with E-state index in [9.17, 15) is 0 Å². The minimum Gasteiger partial charge on any atom is -0.387 e. The number of nitrogens with zero attached hydrogens (tertiary/aromatic N) is 1. The van der Waals surface area contributed by atoms with Crippen molar-refractivity contribution in [1.82, 2.24) is 4.90 Å². The fourth-order valence-electron chi connectivity index (χ4n) is 1.89. The van der Waals surface area contributed by atoms with Crippen LogP contribution in [-0.2, 0) is 0 Å². The van der Waals surface area contributed by atoms with E-state index in [4.69, 9.17) is 11.1 Å². The molecule has 0 amide bonds. The van der Waals surface area contributed by atoms with Crippen LogP contribution >= 0.6 is 11.8 Å². The number of hydrogen-bond acceptors (Lipinski definition) is 3. The quantitative estimate of drug-likeness (QED) is 0.458. The Kier molecular flexibility index (Phi) is 1.81. The third-order valence-electron chi connectivity index (χ3n) is 2.39. The van der Waals surface area contributed by atoms with Crippen LogP contribution in [0.15, 0.2) is 0 Å². The number of likely N-dealkylation sites (tertiary alicyclic amines) is 1. The van der Waals surface area contributed by atoms with Crippen LogP contribution in [0.4, 0.5) is 0 Å². The highest BCUT2D eigenvalue weighted by molar-refractivity contribution is 8.00. The Morgan fingerprint density at radius 2 is 2.55 bits per heavy atom. The van der Waals surface area contributed by atoms with Gasteiger partial charge in [0.2, 0.25) is 0 Å². The highest BCUT2D eigenvalue weighted by Crippen LogP contribution is 2.36. The number of fused-ring (bicyclic) bond motifs is 2. The average molecular weight is 171 g/mol. The summed E-state index contributed by atoms with van der Waals surface area (Å²) < 4.78 is 0. The second-order valence-corrected chi connectivity index (χ2v) is 4.63. The average Bonchev–Trinajstić information content (AvgIpc) is 2.45. The highest BCUT2D eigenvalue weighted by atomic mass is 32.2. The Morgan fingerprint density at radius 1 is 1.73 bits per heavy atom. The number of amidine groups is 1. The van der Waals surface area contributed by atoms with Crippen LogP contribution in [-0.4, -0.2) is 40.9 Å². The molecule has 2 fully saturated rings. The van der Waals surface area contributed by atoms with E-state index in [1.807, 2.05) is 0 Å². The number of hydrogen-bond donors (Lipinski definition) is 2. The van der Waals surface area contributed by atoms with Crippen molar-refractivity contribution >= 4 is 17.6 Å². The molecule has 0 aromatic heterocycles. The van der Waals surface area contributed by atoms with Gasteiger partial charge >= 0.3 is 0 Å². The molecular formula is C7H13N3S. The number of rotatable bonds is 2. The van der Waals surface area contributed by atoms with Gasteiger partial charge in [0.25, 0.3) is 0 Å². The van der Waals surface area contributed by atoms with E-state index in [-0.39, 0.29) is 0 Å². The van der Waals surface area contributed by atoms with Crippen LogP contribution in [0.25, 0.3) is 0 Å². The summed E-state index contributed by atoms with van der Waals surface area (Å²) in [6.45, 7) is 1.83. The molecule has 0 radical (unpaired) electrons. The third-order valence-corrected chi connectivity index (χ3v) is 3.78. The lowest BCUT2D eigenvalue weighted by Crippen LogP contribution is -2.39. The van der Waals surface area contributed by atoms with E-state index >= 15 is 0 Å². The van der Waals surface area contributed by atoms with E-state index in [2.05, 4.69) is 16.7 Å². The van der Waals surface area contributed by atoms with Crippen molar-refractivity contribution in [3.05, 3.63) is 0 Å². The van der Waals surface area contributed by atoms with Gasteiger partial charge in [-0.05, 0) is 6.42 Å². The maximum absolute atomic E-state index is 7.17. The second-order valence-electron chi connectivity index (χ2n) is 3.30. The minimum atomic E-state index is 0.308. The van der Waals surface area contributed by atoms with Gasteiger partial charge in [0.1, 0.15) is 5.84 Å². The molecule has 4 heteroatoms. The minimum absolute atomic E-state index is 0.308. The summed E-state index contributed by atoms with van der Waals surface area (Å²) >= 11 is 2.07. The first-order valence-corrected chi connectivity index (χ1v) is 4.99. The van der Waals surface area contributed by atoms with Gasteiger partial charge in [0, 0.05) is 23.6 Å². The molecule has 0 saturated carbocycles. The Labute approximate surface area is 70.8 Å². The molecule has 0 spiro atoms. The molecule has 2 rings (SSSR count). The van der Waals surface area contributed by atoms with Crippen molar-refractivity contribution in [3.63, 3.8) is 0 Å². The number of nitrogens with one attached hydrogen (secondary N) is 1. The van der Waals surface area contributed by atoms with Crippen LogP contribution in [0.5, 0.6) is 0 Å². The standard InChI is InChI=1S/C7H13N3S/c8-7(9)3-10-2-6-1-5(10)4-11-6/h5-6H,1-4H2,(H3,8,9). The van der Waals surface area contributed by atoms with Crippen molar-refractivity contribution < 1.29 is 0 Å². The lowest BCUT2D eigenvalue weighted by Gasteiger charge is -2.25.